The molecule has 0 aliphatic carbocycles. The maximum absolute atomic E-state index is 13.1. The summed E-state index contributed by atoms with van der Waals surface area (Å²) >= 11 is 1.32. The van der Waals surface area contributed by atoms with Gasteiger partial charge in [-0.05, 0) is 30.7 Å². The first-order valence-electron chi connectivity index (χ1n) is 10.4. The number of amides is 1. The van der Waals surface area contributed by atoms with Crippen molar-refractivity contribution in [1.29, 1.82) is 0 Å². The summed E-state index contributed by atoms with van der Waals surface area (Å²) in [6.07, 6.45) is 4.60. The average molecular weight is 440 g/mol. The van der Waals surface area contributed by atoms with Gasteiger partial charge in [0.15, 0.2) is 5.16 Å². The molecule has 0 saturated heterocycles. The van der Waals surface area contributed by atoms with Crippen molar-refractivity contribution in [3.05, 3.63) is 58.8 Å². The van der Waals surface area contributed by atoms with E-state index in [1.165, 1.54) is 11.8 Å². The monoisotopic (exact) mass is 439 g/mol. The number of benzene rings is 1. The molecule has 0 atom stereocenters. The fourth-order valence-electron chi connectivity index (χ4n) is 3.51. The number of hydrogen-bond acceptors (Lipinski definition) is 6. The molecule has 0 spiro atoms. The molecular formula is C22H25N5O3S. The van der Waals surface area contributed by atoms with Gasteiger partial charge in [0, 0.05) is 13.6 Å². The summed E-state index contributed by atoms with van der Waals surface area (Å²) in [6.45, 7) is 3.13. The van der Waals surface area contributed by atoms with Gasteiger partial charge in [0.25, 0.3) is 5.56 Å². The van der Waals surface area contributed by atoms with Crippen molar-refractivity contribution in [3.63, 3.8) is 0 Å². The number of aryl methyl sites for hydroxylation is 1. The lowest BCUT2D eigenvalue weighted by molar-refractivity contribution is -0.127. The molecule has 0 radical (unpaired) electrons. The van der Waals surface area contributed by atoms with Gasteiger partial charge in [0.2, 0.25) is 11.7 Å². The lowest BCUT2D eigenvalue weighted by Gasteiger charge is -2.15. The average Bonchev–Trinajstić information content (AvgIpc) is 3.44. The van der Waals surface area contributed by atoms with Gasteiger partial charge in [-0.1, -0.05) is 43.7 Å². The normalized spacial score (nSPS) is 11.4. The van der Waals surface area contributed by atoms with Gasteiger partial charge >= 0.3 is 0 Å². The number of para-hydroxylation sites is 1. The van der Waals surface area contributed by atoms with E-state index in [1.54, 1.807) is 28.8 Å². The van der Waals surface area contributed by atoms with E-state index >= 15 is 0 Å². The van der Waals surface area contributed by atoms with E-state index in [0.717, 1.165) is 30.5 Å². The van der Waals surface area contributed by atoms with E-state index in [-0.39, 0.29) is 17.2 Å². The summed E-state index contributed by atoms with van der Waals surface area (Å²) in [5.74, 6) is 1.41. The summed E-state index contributed by atoms with van der Waals surface area (Å²) in [4.78, 5) is 27.3. The van der Waals surface area contributed by atoms with Crippen LogP contribution in [0.4, 0.5) is 0 Å². The molecule has 31 heavy (non-hydrogen) atoms. The molecule has 0 fully saturated rings. The number of carbonyl (C=O) groups excluding carboxylic acids is 1. The SMILES string of the molecule is CCCCCn1c(=O)c2ccccc2n2c(SCC(=O)N(C)Cc3ccco3)nnc12. The van der Waals surface area contributed by atoms with Gasteiger partial charge in [-0.25, -0.2) is 0 Å². The summed E-state index contributed by atoms with van der Waals surface area (Å²) < 4.78 is 8.89. The highest BCUT2D eigenvalue weighted by atomic mass is 32.2. The van der Waals surface area contributed by atoms with Crippen molar-refractivity contribution in [1.82, 2.24) is 24.1 Å². The van der Waals surface area contributed by atoms with Gasteiger partial charge in [-0.2, -0.15) is 0 Å². The Hall–Kier alpha value is -3.07. The lowest BCUT2D eigenvalue weighted by Crippen LogP contribution is -2.27. The molecule has 162 valence electrons. The fourth-order valence-corrected chi connectivity index (χ4v) is 4.39. The maximum Gasteiger partial charge on any atom is 0.262 e. The molecule has 0 saturated carbocycles. The van der Waals surface area contributed by atoms with Crippen molar-refractivity contribution in [2.75, 3.05) is 12.8 Å². The predicted molar refractivity (Wildman–Crippen MR) is 120 cm³/mol. The predicted octanol–water partition coefficient (Wildman–Crippen LogP) is 3.58. The van der Waals surface area contributed by atoms with Crippen LogP contribution in [0.25, 0.3) is 16.7 Å². The van der Waals surface area contributed by atoms with Crippen molar-refractivity contribution in [2.45, 2.75) is 44.4 Å². The van der Waals surface area contributed by atoms with Gasteiger partial charge < -0.3 is 9.32 Å². The summed E-state index contributed by atoms with van der Waals surface area (Å²) in [7, 11) is 1.74. The van der Waals surface area contributed by atoms with Crippen LogP contribution in [0.15, 0.2) is 57.0 Å². The van der Waals surface area contributed by atoms with Crippen LogP contribution in [0, 0.1) is 0 Å². The highest BCUT2D eigenvalue weighted by Gasteiger charge is 2.18. The van der Waals surface area contributed by atoms with Crippen LogP contribution in [0.5, 0.6) is 0 Å². The van der Waals surface area contributed by atoms with Crippen LogP contribution in [-0.2, 0) is 17.9 Å². The molecule has 4 aromatic rings. The summed E-state index contributed by atoms with van der Waals surface area (Å²) in [6, 6.07) is 11.1. The second-order valence-electron chi connectivity index (χ2n) is 7.42. The van der Waals surface area contributed by atoms with E-state index in [0.29, 0.717) is 29.4 Å². The number of unbranched alkanes of at least 4 members (excludes halogenated alkanes) is 2. The fraction of sp³-hybridized carbons (Fsp3) is 0.364. The van der Waals surface area contributed by atoms with E-state index in [9.17, 15) is 9.59 Å². The molecule has 1 aromatic carbocycles. The molecular weight excluding hydrogens is 414 g/mol. The molecule has 0 aliphatic rings. The number of furan rings is 1. The topological polar surface area (TPSA) is 85.6 Å². The van der Waals surface area contributed by atoms with E-state index in [4.69, 9.17) is 4.42 Å². The number of hydrogen-bond donors (Lipinski definition) is 0. The van der Waals surface area contributed by atoms with Crippen LogP contribution in [0.3, 0.4) is 0 Å². The zero-order valence-corrected chi connectivity index (χ0v) is 18.5. The van der Waals surface area contributed by atoms with Crippen molar-refractivity contribution in [2.24, 2.45) is 0 Å². The van der Waals surface area contributed by atoms with Gasteiger partial charge in [-0.15, -0.1) is 10.2 Å². The first kappa shape index (κ1) is 21.2. The second-order valence-corrected chi connectivity index (χ2v) is 8.36. The number of fused-ring (bicyclic) bond motifs is 3. The minimum atomic E-state index is -0.0580. The summed E-state index contributed by atoms with van der Waals surface area (Å²) in [5.41, 5.74) is 0.690. The van der Waals surface area contributed by atoms with E-state index < -0.39 is 0 Å². The van der Waals surface area contributed by atoms with Crippen molar-refractivity contribution < 1.29 is 9.21 Å². The Morgan fingerprint density at radius 2 is 2.00 bits per heavy atom. The third kappa shape index (κ3) is 4.36. The minimum absolute atomic E-state index is 0.0428. The van der Waals surface area contributed by atoms with Crippen LogP contribution >= 0.6 is 11.8 Å². The standard InChI is InChI=1S/C22H25N5O3S/c1-3-4-7-12-26-20(29)17-10-5-6-11-18(17)27-21(26)23-24-22(27)31-15-19(28)25(2)14-16-9-8-13-30-16/h5-6,8-11,13H,3-4,7,12,14-15H2,1-2H3. The van der Waals surface area contributed by atoms with Crippen LogP contribution in [0.1, 0.15) is 31.9 Å². The zero-order chi connectivity index (χ0) is 21.8. The quantitative estimate of drug-likeness (QED) is 0.293. The lowest BCUT2D eigenvalue weighted by atomic mass is 10.2. The Bertz CT molecular complexity index is 1250. The van der Waals surface area contributed by atoms with Gasteiger partial charge in [0.1, 0.15) is 5.76 Å². The van der Waals surface area contributed by atoms with E-state index in [1.807, 2.05) is 34.7 Å². The van der Waals surface area contributed by atoms with Gasteiger partial charge in [-0.3, -0.25) is 18.6 Å². The Morgan fingerprint density at radius 1 is 1.16 bits per heavy atom. The third-order valence-corrected chi connectivity index (χ3v) is 6.10. The van der Waals surface area contributed by atoms with Crippen molar-refractivity contribution >= 4 is 34.3 Å². The molecule has 0 bridgehead atoms. The molecule has 3 heterocycles. The number of carbonyl (C=O) groups is 1. The van der Waals surface area contributed by atoms with Crippen LogP contribution in [0.2, 0.25) is 0 Å². The largest absolute Gasteiger partial charge is 0.467 e. The molecule has 9 heteroatoms. The Balaban J connectivity index is 1.62. The molecule has 0 unspecified atom stereocenters. The maximum atomic E-state index is 13.1. The molecule has 1 amide bonds. The number of aromatic nitrogens is 4. The molecule has 3 aromatic heterocycles. The second kappa shape index (κ2) is 9.38. The highest BCUT2D eigenvalue weighted by molar-refractivity contribution is 7.99. The first-order chi connectivity index (χ1) is 15.1. The first-order valence-corrected chi connectivity index (χ1v) is 11.3. The molecule has 8 nitrogen and oxygen atoms in total. The van der Waals surface area contributed by atoms with Crippen molar-refractivity contribution in [3.8, 4) is 0 Å². The van der Waals surface area contributed by atoms with E-state index in [2.05, 4.69) is 17.1 Å². The minimum Gasteiger partial charge on any atom is -0.467 e. The number of thioether (sulfide) groups is 1. The summed E-state index contributed by atoms with van der Waals surface area (Å²) in [5, 5.41) is 9.83. The third-order valence-electron chi connectivity index (χ3n) is 5.19. The Kier molecular flexibility index (Phi) is 6.41. The number of nitrogens with zero attached hydrogens (tertiary/aromatic N) is 5. The molecule has 0 N–H and O–H groups in total. The number of rotatable bonds is 9. The van der Waals surface area contributed by atoms with Crippen LogP contribution < -0.4 is 5.56 Å². The zero-order valence-electron chi connectivity index (χ0n) is 17.7. The Morgan fingerprint density at radius 3 is 2.77 bits per heavy atom. The van der Waals surface area contributed by atoms with Gasteiger partial charge in [0.05, 0.1) is 29.5 Å². The molecule has 0 aliphatic heterocycles. The van der Waals surface area contributed by atoms with Crippen LogP contribution in [-0.4, -0.2) is 42.8 Å². The Labute approximate surface area is 183 Å². The smallest absolute Gasteiger partial charge is 0.262 e. The molecule has 4 rings (SSSR count). The highest BCUT2D eigenvalue weighted by Crippen LogP contribution is 2.22.